The lowest BCUT2D eigenvalue weighted by Gasteiger charge is -2.21. The van der Waals surface area contributed by atoms with Crippen LogP contribution in [-0.4, -0.2) is 28.7 Å². The molecule has 3 heterocycles. The van der Waals surface area contributed by atoms with E-state index in [0.717, 1.165) is 24.0 Å². The molecule has 2 N–H and O–H groups in total. The van der Waals surface area contributed by atoms with E-state index in [1.165, 1.54) is 6.42 Å². The number of hydrogen-bond donors (Lipinski definition) is 2. The number of aromatic nitrogens is 1. The topological polar surface area (TPSA) is 46.1 Å². The minimum absolute atomic E-state index is 0.0716. The molecule has 114 valence electrons. The summed E-state index contributed by atoms with van der Waals surface area (Å²) < 4.78 is 1.60. The standard InChI is InChI=1S/C17H18ClN3O/c18-14-4-2-1-3-13(14)11-7-8-21(10-11)17(22)20-16-9-12-5-6-15(16)19-12/h1-4,7-8,10,12,15-16,19H,5-6,9H2,(H,20,22)/t12-,15+,16-/m1/s1. The summed E-state index contributed by atoms with van der Waals surface area (Å²) >= 11 is 6.21. The summed E-state index contributed by atoms with van der Waals surface area (Å²) in [5, 5.41) is 7.36. The third-order valence-electron chi connectivity index (χ3n) is 4.72. The molecule has 1 amide bonds. The molecule has 0 saturated carbocycles. The van der Waals surface area contributed by atoms with E-state index >= 15 is 0 Å². The molecule has 2 saturated heterocycles. The Bertz CT molecular complexity index is 711. The van der Waals surface area contributed by atoms with Crippen molar-refractivity contribution >= 4 is 17.6 Å². The Hall–Kier alpha value is -1.78. The van der Waals surface area contributed by atoms with Gasteiger partial charge >= 0.3 is 6.03 Å². The van der Waals surface area contributed by atoms with Crippen molar-refractivity contribution in [2.24, 2.45) is 0 Å². The minimum Gasteiger partial charge on any atom is -0.333 e. The van der Waals surface area contributed by atoms with Crippen LogP contribution >= 0.6 is 11.6 Å². The fraction of sp³-hybridized carbons (Fsp3) is 0.353. The second kappa shape index (κ2) is 5.45. The zero-order valence-corrected chi connectivity index (χ0v) is 12.9. The van der Waals surface area contributed by atoms with Crippen molar-refractivity contribution < 1.29 is 4.79 Å². The summed E-state index contributed by atoms with van der Waals surface area (Å²) in [6.07, 6.45) is 7.05. The van der Waals surface area contributed by atoms with E-state index in [9.17, 15) is 4.79 Å². The number of carbonyl (C=O) groups excluding carboxylic acids is 1. The average Bonchev–Trinajstić information content (AvgIpc) is 3.24. The summed E-state index contributed by atoms with van der Waals surface area (Å²) in [4.78, 5) is 12.4. The quantitative estimate of drug-likeness (QED) is 0.893. The molecule has 0 unspecified atom stereocenters. The van der Waals surface area contributed by atoms with Gasteiger partial charge in [-0.1, -0.05) is 29.8 Å². The highest BCUT2D eigenvalue weighted by Gasteiger charge is 2.39. The number of nitrogens with one attached hydrogen (secondary N) is 2. The molecule has 1 aromatic carbocycles. The summed E-state index contributed by atoms with van der Waals surface area (Å²) in [7, 11) is 0. The van der Waals surface area contributed by atoms with Gasteiger partial charge in [-0.3, -0.25) is 4.57 Å². The first-order valence-electron chi connectivity index (χ1n) is 7.70. The maximum atomic E-state index is 12.4. The molecular weight excluding hydrogens is 298 g/mol. The van der Waals surface area contributed by atoms with E-state index in [-0.39, 0.29) is 12.1 Å². The second-order valence-corrected chi connectivity index (χ2v) is 6.53. The summed E-state index contributed by atoms with van der Waals surface area (Å²) in [5.41, 5.74) is 1.89. The Labute approximate surface area is 134 Å². The van der Waals surface area contributed by atoms with Crippen LogP contribution in [0.15, 0.2) is 42.7 Å². The number of amides is 1. The van der Waals surface area contributed by atoms with Crippen LogP contribution < -0.4 is 10.6 Å². The highest BCUT2D eigenvalue weighted by molar-refractivity contribution is 6.33. The molecule has 1 aromatic heterocycles. The van der Waals surface area contributed by atoms with Gasteiger partial charge in [0.25, 0.3) is 0 Å². The van der Waals surface area contributed by atoms with Gasteiger partial charge in [0.1, 0.15) is 0 Å². The molecule has 2 aliphatic rings. The molecule has 2 aliphatic heterocycles. The Balaban J connectivity index is 1.49. The fourth-order valence-corrected chi connectivity index (χ4v) is 3.84. The van der Waals surface area contributed by atoms with Gasteiger partial charge in [0.15, 0.2) is 0 Å². The highest BCUT2D eigenvalue weighted by atomic mass is 35.5. The Morgan fingerprint density at radius 3 is 2.86 bits per heavy atom. The van der Waals surface area contributed by atoms with Gasteiger partial charge in [-0.25, -0.2) is 4.79 Å². The van der Waals surface area contributed by atoms with Gasteiger partial charge in [-0.05, 0) is 31.4 Å². The maximum absolute atomic E-state index is 12.4. The molecule has 2 bridgehead atoms. The fourth-order valence-electron chi connectivity index (χ4n) is 3.59. The van der Waals surface area contributed by atoms with Crippen molar-refractivity contribution in [1.82, 2.24) is 15.2 Å². The van der Waals surface area contributed by atoms with E-state index < -0.39 is 0 Å². The lowest BCUT2D eigenvalue weighted by molar-refractivity contribution is 0.236. The van der Waals surface area contributed by atoms with Gasteiger partial charge in [-0.15, -0.1) is 0 Å². The number of hydrogen-bond acceptors (Lipinski definition) is 2. The van der Waals surface area contributed by atoms with Crippen LogP contribution in [0.2, 0.25) is 5.02 Å². The Morgan fingerprint density at radius 1 is 1.27 bits per heavy atom. The smallest absolute Gasteiger partial charge is 0.325 e. The number of carbonyl (C=O) groups is 1. The van der Waals surface area contributed by atoms with Gasteiger partial charge in [0, 0.05) is 46.7 Å². The number of fused-ring (bicyclic) bond motifs is 2. The van der Waals surface area contributed by atoms with Gasteiger partial charge in [-0.2, -0.15) is 0 Å². The highest BCUT2D eigenvalue weighted by Crippen LogP contribution is 2.29. The van der Waals surface area contributed by atoms with Crippen LogP contribution in [-0.2, 0) is 0 Å². The minimum atomic E-state index is -0.0716. The Morgan fingerprint density at radius 2 is 2.14 bits per heavy atom. The lowest BCUT2D eigenvalue weighted by Crippen LogP contribution is -2.44. The van der Waals surface area contributed by atoms with Crippen LogP contribution in [0, 0.1) is 0 Å². The SMILES string of the molecule is O=C(N[C@@H]1C[C@H]2CC[C@@H]1N2)n1ccc(-c2ccccc2Cl)c1. The molecule has 2 aromatic rings. The third kappa shape index (κ3) is 2.42. The number of rotatable bonds is 2. The van der Waals surface area contributed by atoms with Crippen LogP contribution in [0.25, 0.3) is 11.1 Å². The second-order valence-electron chi connectivity index (χ2n) is 6.13. The first kappa shape index (κ1) is 13.9. The zero-order chi connectivity index (χ0) is 15.1. The van der Waals surface area contributed by atoms with E-state index in [2.05, 4.69) is 10.6 Å². The van der Waals surface area contributed by atoms with Crippen LogP contribution in [0.4, 0.5) is 4.79 Å². The van der Waals surface area contributed by atoms with Crippen molar-refractivity contribution in [2.75, 3.05) is 0 Å². The molecule has 3 atom stereocenters. The average molecular weight is 316 g/mol. The summed E-state index contributed by atoms with van der Waals surface area (Å²) in [6, 6.07) is 10.8. The van der Waals surface area contributed by atoms with Crippen molar-refractivity contribution in [3.05, 3.63) is 47.7 Å². The Kier molecular flexibility index (Phi) is 3.43. The maximum Gasteiger partial charge on any atom is 0.325 e. The first-order chi connectivity index (χ1) is 10.7. The molecule has 0 radical (unpaired) electrons. The number of halogens is 1. The summed E-state index contributed by atoms with van der Waals surface area (Å²) in [5.74, 6) is 0. The van der Waals surface area contributed by atoms with Crippen molar-refractivity contribution in [3.63, 3.8) is 0 Å². The van der Waals surface area contributed by atoms with Crippen LogP contribution in [0.5, 0.6) is 0 Å². The predicted octanol–water partition coefficient (Wildman–Crippen LogP) is 3.26. The van der Waals surface area contributed by atoms with Crippen molar-refractivity contribution in [2.45, 2.75) is 37.4 Å². The van der Waals surface area contributed by atoms with E-state index in [1.54, 1.807) is 10.8 Å². The molecule has 0 spiro atoms. The van der Waals surface area contributed by atoms with Crippen molar-refractivity contribution in [1.29, 1.82) is 0 Å². The predicted molar refractivity (Wildman–Crippen MR) is 87.2 cm³/mol. The van der Waals surface area contributed by atoms with E-state index in [1.807, 2.05) is 36.5 Å². The molecule has 5 heteroatoms. The van der Waals surface area contributed by atoms with E-state index in [0.29, 0.717) is 17.1 Å². The third-order valence-corrected chi connectivity index (χ3v) is 5.05. The zero-order valence-electron chi connectivity index (χ0n) is 12.1. The van der Waals surface area contributed by atoms with Gasteiger partial charge in [0.2, 0.25) is 0 Å². The molecule has 2 fully saturated rings. The normalized spacial score (nSPS) is 26.3. The monoisotopic (exact) mass is 315 g/mol. The van der Waals surface area contributed by atoms with Crippen LogP contribution in [0.1, 0.15) is 19.3 Å². The largest absolute Gasteiger partial charge is 0.333 e. The molecular formula is C17H18ClN3O. The molecule has 0 aliphatic carbocycles. The number of nitrogens with zero attached hydrogens (tertiary/aromatic N) is 1. The van der Waals surface area contributed by atoms with Crippen molar-refractivity contribution in [3.8, 4) is 11.1 Å². The molecule has 4 rings (SSSR count). The van der Waals surface area contributed by atoms with Crippen LogP contribution in [0.3, 0.4) is 0 Å². The van der Waals surface area contributed by atoms with Gasteiger partial charge in [0.05, 0.1) is 0 Å². The first-order valence-corrected chi connectivity index (χ1v) is 8.08. The summed E-state index contributed by atoms with van der Waals surface area (Å²) in [6.45, 7) is 0. The molecule has 4 nitrogen and oxygen atoms in total. The van der Waals surface area contributed by atoms with E-state index in [4.69, 9.17) is 11.6 Å². The van der Waals surface area contributed by atoms with Gasteiger partial charge < -0.3 is 10.6 Å². The molecule has 22 heavy (non-hydrogen) atoms. The number of benzene rings is 1. The lowest BCUT2D eigenvalue weighted by atomic mass is 9.96.